The van der Waals surface area contributed by atoms with Crippen molar-refractivity contribution >= 4 is 15.7 Å². The van der Waals surface area contributed by atoms with Gasteiger partial charge in [-0.15, -0.1) is 0 Å². The molecule has 1 N–H and O–H groups in total. The molecule has 1 atom stereocenters. The molecule has 4 nitrogen and oxygen atoms in total. The van der Waals surface area contributed by atoms with E-state index >= 15 is 0 Å². The zero-order valence-corrected chi connectivity index (χ0v) is 8.85. The van der Waals surface area contributed by atoms with Crippen molar-refractivity contribution in [2.75, 3.05) is 11.5 Å². The van der Waals surface area contributed by atoms with Gasteiger partial charge < -0.3 is 5.32 Å². The molecule has 1 aliphatic carbocycles. The molecule has 5 heteroatoms. The molecule has 0 aromatic heterocycles. The first-order chi connectivity index (χ1) is 6.55. The molecular weight excluding hydrogens is 202 g/mol. The second-order valence-electron chi connectivity index (χ2n) is 4.31. The van der Waals surface area contributed by atoms with Crippen LogP contribution >= 0.6 is 0 Å². The van der Waals surface area contributed by atoms with E-state index in [-0.39, 0.29) is 23.5 Å². The van der Waals surface area contributed by atoms with Gasteiger partial charge in [0.15, 0.2) is 9.84 Å². The smallest absolute Gasteiger partial charge is 0.220 e. The fourth-order valence-electron chi connectivity index (χ4n) is 1.78. The van der Waals surface area contributed by atoms with Crippen molar-refractivity contribution in [2.45, 2.75) is 31.7 Å². The van der Waals surface area contributed by atoms with Gasteiger partial charge in [0.2, 0.25) is 5.91 Å². The number of nitrogens with one attached hydrogen (secondary N) is 1. The molecule has 80 valence electrons. The minimum atomic E-state index is -2.87. The molecule has 0 bridgehead atoms. The molecule has 0 aromatic rings. The summed E-state index contributed by atoms with van der Waals surface area (Å²) in [4.78, 5) is 11.4. The maximum Gasteiger partial charge on any atom is 0.220 e. The minimum absolute atomic E-state index is 0.0228. The Morgan fingerprint density at radius 3 is 2.50 bits per heavy atom. The highest BCUT2D eigenvalue weighted by Gasteiger charge is 2.30. The number of carbonyl (C=O) groups is 1. The van der Waals surface area contributed by atoms with Gasteiger partial charge >= 0.3 is 0 Å². The van der Waals surface area contributed by atoms with Gasteiger partial charge in [-0.3, -0.25) is 4.79 Å². The first kappa shape index (κ1) is 9.96. The van der Waals surface area contributed by atoms with Crippen LogP contribution in [0, 0.1) is 5.92 Å². The number of hydrogen-bond acceptors (Lipinski definition) is 3. The second-order valence-corrected chi connectivity index (χ2v) is 6.54. The molecule has 1 amide bonds. The van der Waals surface area contributed by atoms with E-state index in [2.05, 4.69) is 5.32 Å². The van der Waals surface area contributed by atoms with E-state index in [1.54, 1.807) is 0 Å². The van der Waals surface area contributed by atoms with Gasteiger partial charge in [-0.1, -0.05) is 0 Å². The lowest BCUT2D eigenvalue weighted by Crippen LogP contribution is -2.35. The van der Waals surface area contributed by atoms with E-state index in [0.717, 1.165) is 12.8 Å². The van der Waals surface area contributed by atoms with Gasteiger partial charge in [0.25, 0.3) is 0 Å². The Kier molecular flexibility index (Phi) is 2.51. The van der Waals surface area contributed by atoms with Gasteiger partial charge in [-0.05, 0) is 25.2 Å². The third-order valence-electron chi connectivity index (χ3n) is 2.77. The summed E-state index contributed by atoms with van der Waals surface area (Å²) in [5.74, 6) is 0.938. The van der Waals surface area contributed by atoms with Crippen molar-refractivity contribution in [3.63, 3.8) is 0 Å². The molecule has 0 aromatic carbocycles. The van der Waals surface area contributed by atoms with Gasteiger partial charge in [-0.2, -0.15) is 0 Å². The fourth-order valence-corrected chi connectivity index (χ4v) is 3.45. The average Bonchev–Trinajstić information content (AvgIpc) is 2.78. The molecular formula is C9H15NO3S. The summed E-state index contributed by atoms with van der Waals surface area (Å²) >= 11 is 0. The zero-order chi connectivity index (χ0) is 10.2. The lowest BCUT2D eigenvalue weighted by atomic mass is 10.2. The standard InChI is InChI=1S/C9H15NO3S/c11-9(5-7-1-2-7)10-8-3-4-14(12,13)6-8/h7-8H,1-6H2,(H,10,11). The van der Waals surface area contributed by atoms with Gasteiger partial charge in [0.1, 0.15) is 0 Å². The fraction of sp³-hybridized carbons (Fsp3) is 0.889. The van der Waals surface area contributed by atoms with Crippen LogP contribution in [0.2, 0.25) is 0 Å². The molecule has 2 fully saturated rings. The molecule has 1 heterocycles. The summed E-state index contributed by atoms with van der Waals surface area (Å²) in [5, 5.41) is 2.79. The van der Waals surface area contributed by atoms with E-state index in [0.29, 0.717) is 18.8 Å². The monoisotopic (exact) mass is 217 g/mol. The summed E-state index contributed by atoms with van der Waals surface area (Å²) in [6, 6.07) is -0.133. The Labute approximate surface area is 84.0 Å². The van der Waals surface area contributed by atoms with Crippen LogP contribution in [0.1, 0.15) is 25.7 Å². The number of hydrogen-bond donors (Lipinski definition) is 1. The van der Waals surface area contributed by atoms with Gasteiger partial charge in [0.05, 0.1) is 11.5 Å². The zero-order valence-electron chi connectivity index (χ0n) is 8.03. The van der Waals surface area contributed by atoms with Crippen molar-refractivity contribution in [1.29, 1.82) is 0 Å². The molecule has 0 radical (unpaired) electrons. The predicted molar refractivity (Wildman–Crippen MR) is 52.5 cm³/mol. The largest absolute Gasteiger partial charge is 0.352 e. The highest BCUT2D eigenvalue weighted by molar-refractivity contribution is 7.91. The Morgan fingerprint density at radius 1 is 1.29 bits per heavy atom. The Morgan fingerprint density at radius 2 is 2.00 bits per heavy atom. The molecule has 2 aliphatic rings. The third-order valence-corrected chi connectivity index (χ3v) is 4.54. The van der Waals surface area contributed by atoms with Crippen LogP contribution in [0.25, 0.3) is 0 Å². The predicted octanol–water partition coefficient (Wildman–Crippen LogP) is 0.0898. The number of sulfone groups is 1. The number of rotatable bonds is 3. The molecule has 1 saturated heterocycles. The Hall–Kier alpha value is -0.580. The van der Waals surface area contributed by atoms with E-state index < -0.39 is 9.84 Å². The minimum Gasteiger partial charge on any atom is -0.352 e. The number of amides is 1. The third kappa shape index (κ3) is 2.70. The van der Waals surface area contributed by atoms with Crippen molar-refractivity contribution in [1.82, 2.24) is 5.32 Å². The van der Waals surface area contributed by atoms with Crippen LogP contribution in [0.5, 0.6) is 0 Å². The first-order valence-electron chi connectivity index (χ1n) is 5.05. The lowest BCUT2D eigenvalue weighted by Gasteiger charge is -2.09. The van der Waals surface area contributed by atoms with Crippen molar-refractivity contribution in [3.05, 3.63) is 0 Å². The summed E-state index contributed by atoms with van der Waals surface area (Å²) in [6.45, 7) is 0. The molecule has 1 saturated carbocycles. The highest BCUT2D eigenvalue weighted by atomic mass is 32.2. The maximum atomic E-state index is 11.4. The quantitative estimate of drug-likeness (QED) is 0.728. The Balaban J connectivity index is 1.77. The SMILES string of the molecule is O=C(CC1CC1)NC1CCS(=O)(=O)C1. The van der Waals surface area contributed by atoms with E-state index in [1.807, 2.05) is 0 Å². The first-order valence-corrected chi connectivity index (χ1v) is 6.87. The summed E-state index contributed by atoms with van der Waals surface area (Å²) in [5.41, 5.74) is 0. The van der Waals surface area contributed by atoms with Crippen molar-refractivity contribution < 1.29 is 13.2 Å². The number of carbonyl (C=O) groups excluding carboxylic acids is 1. The summed E-state index contributed by atoms with van der Waals surface area (Å²) < 4.78 is 22.2. The van der Waals surface area contributed by atoms with Crippen molar-refractivity contribution in [2.24, 2.45) is 5.92 Å². The summed E-state index contributed by atoms with van der Waals surface area (Å²) in [7, 11) is -2.87. The molecule has 1 unspecified atom stereocenters. The normalized spacial score (nSPS) is 30.1. The molecule has 2 rings (SSSR count). The van der Waals surface area contributed by atoms with Crippen molar-refractivity contribution in [3.8, 4) is 0 Å². The molecule has 14 heavy (non-hydrogen) atoms. The van der Waals surface area contributed by atoms with E-state index in [4.69, 9.17) is 0 Å². The second kappa shape index (κ2) is 3.53. The van der Waals surface area contributed by atoms with Crippen LogP contribution in [0.3, 0.4) is 0 Å². The highest BCUT2D eigenvalue weighted by Crippen LogP contribution is 2.32. The lowest BCUT2D eigenvalue weighted by molar-refractivity contribution is -0.121. The van der Waals surface area contributed by atoms with Gasteiger partial charge in [0, 0.05) is 12.5 Å². The average molecular weight is 217 g/mol. The maximum absolute atomic E-state index is 11.4. The topological polar surface area (TPSA) is 63.2 Å². The van der Waals surface area contributed by atoms with Crippen LogP contribution in [0.4, 0.5) is 0 Å². The molecule has 0 spiro atoms. The van der Waals surface area contributed by atoms with Crippen LogP contribution in [-0.2, 0) is 14.6 Å². The van der Waals surface area contributed by atoms with Crippen LogP contribution in [0.15, 0.2) is 0 Å². The summed E-state index contributed by atoms with van der Waals surface area (Å²) in [6.07, 6.45) is 3.46. The van der Waals surface area contributed by atoms with Crippen LogP contribution in [-0.4, -0.2) is 31.9 Å². The van der Waals surface area contributed by atoms with E-state index in [1.165, 1.54) is 0 Å². The van der Waals surface area contributed by atoms with E-state index in [9.17, 15) is 13.2 Å². The molecule has 1 aliphatic heterocycles. The van der Waals surface area contributed by atoms with Crippen LogP contribution < -0.4 is 5.32 Å². The van der Waals surface area contributed by atoms with Gasteiger partial charge in [-0.25, -0.2) is 8.42 Å². The Bertz CT molecular complexity index is 332.